The number of aryl methyl sites for hydroxylation is 2. The van der Waals surface area contributed by atoms with E-state index in [1.54, 1.807) is 13.0 Å². The lowest BCUT2D eigenvalue weighted by Gasteiger charge is -2.16. The topological polar surface area (TPSA) is 37.8 Å². The maximum atomic E-state index is 13.7. The zero-order chi connectivity index (χ0) is 14.0. The summed E-state index contributed by atoms with van der Waals surface area (Å²) in [5, 5.41) is 3.15. The molecule has 6 heteroatoms. The Labute approximate surface area is 120 Å². The first-order valence-corrected chi connectivity index (χ1v) is 7.55. The van der Waals surface area contributed by atoms with Crippen molar-refractivity contribution >= 4 is 23.3 Å². The molecule has 0 saturated carbocycles. The van der Waals surface area contributed by atoms with E-state index >= 15 is 0 Å². The van der Waals surface area contributed by atoms with Crippen LogP contribution in [0.4, 0.5) is 4.39 Å². The summed E-state index contributed by atoms with van der Waals surface area (Å²) in [6.07, 6.45) is 0. The molecule has 102 valence electrons. The Morgan fingerprint density at radius 1 is 1.37 bits per heavy atom. The van der Waals surface area contributed by atoms with Crippen LogP contribution < -0.4 is 5.32 Å². The fourth-order valence-electron chi connectivity index (χ4n) is 1.67. The van der Waals surface area contributed by atoms with E-state index in [2.05, 4.69) is 14.7 Å². The van der Waals surface area contributed by atoms with Crippen LogP contribution in [0.1, 0.15) is 29.9 Å². The summed E-state index contributed by atoms with van der Waals surface area (Å²) >= 11 is 2.91. The Bertz CT molecular complexity index is 583. The lowest BCUT2D eigenvalue weighted by molar-refractivity contribution is 0.594. The number of nitrogens with one attached hydrogen (secondary N) is 1. The van der Waals surface area contributed by atoms with Crippen molar-refractivity contribution in [2.45, 2.75) is 36.0 Å². The summed E-state index contributed by atoms with van der Waals surface area (Å²) < 4.78 is 18.8. The molecule has 0 radical (unpaired) electrons. The van der Waals surface area contributed by atoms with Gasteiger partial charge in [-0.2, -0.15) is 4.37 Å². The van der Waals surface area contributed by atoms with E-state index in [1.807, 2.05) is 27.0 Å². The third-order valence-electron chi connectivity index (χ3n) is 2.90. The van der Waals surface area contributed by atoms with Crippen molar-refractivity contribution in [2.75, 3.05) is 7.05 Å². The van der Waals surface area contributed by atoms with Gasteiger partial charge >= 0.3 is 0 Å². The van der Waals surface area contributed by atoms with Gasteiger partial charge in [-0.3, -0.25) is 0 Å². The third kappa shape index (κ3) is 3.32. The summed E-state index contributed by atoms with van der Waals surface area (Å²) in [7, 11) is 1.87. The standard InChI is InChI=1S/C13H16FN3S2/c1-7-5-12(18-13-16-9(3)17-19-13)10(6-11(7)14)8(2)15-4/h5-6,8,15H,1-4H3. The minimum Gasteiger partial charge on any atom is -0.313 e. The zero-order valence-corrected chi connectivity index (χ0v) is 13.0. The smallest absolute Gasteiger partial charge is 0.174 e. The van der Waals surface area contributed by atoms with Crippen molar-refractivity contribution in [3.05, 3.63) is 34.9 Å². The molecule has 0 spiro atoms. The summed E-state index contributed by atoms with van der Waals surface area (Å²) in [5.41, 5.74) is 1.60. The predicted molar refractivity (Wildman–Crippen MR) is 77.4 cm³/mol. The molecule has 1 atom stereocenters. The van der Waals surface area contributed by atoms with Crippen molar-refractivity contribution < 1.29 is 4.39 Å². The molecule has 1 N–H and O–H groups in total. The van der Waals surface area contributed by atoms with Crippen LogP contribution in [0.3, 0.4) is 0 Å². The van der Waals surface area contributed by atoms with Gasteiger partial charge in [0.15, 0.2) is 4.34 Å². The van der Waals surface area contributed by atoms with Crippen molar-refractivity contribution in [1.29, 1.82) is 0 Å². The molecule has 2 aromatic rings. The second-order valence-electron chi connectivity index (χ2n) is 4.36. The molecule has 19 heavy (non-hydrogen) atoms. The van der Waals surface area contributed by atoms with Crippen molar-refractivity contribution in [3.63, 3.8) is 0 Å². The van der Waals surface area contributed by atoms with E-state index in [1.165, 1.54) is 23.3 Å². The van der Waals surface area contributed by atoms with Crippen LogP contribution in [0.15, 0.2) is 21.4 Å². The van der Waals surface area contributed by atoms with E-state index in [0.717, 1.165) is 20.6 Å². The lowest BCUT2D eigenvalue weighted by atomic mass is 10.1. The Morgan fingerprint density at radius 3 is 2.68 bits per heavy atom. The summed E-state index contributed by atoms with van der Waals surface area (Å²) in [6, 6.07) is 3.57. The van der Waals surface area contributed by atoms with Gasteiger partial charge in [0.25, 0.3) is 0 Å². The molecule has 0 aliphatic carbocycles. The largest absolute Gasteiger partial charge is 0.313 e. The molecule has 0 saturated heterocycles. The molecular weight excluding hydrogens is 281 g/mol. The van der Waals surface area contributed by atoms with Gasteiger partial charge in [-0.15, -0.1) is 0 Å². The number of benzene rings is 1. The van der Waals surface area contributed by atoms with Gasteiger partial charge < -0.3 is 5.32 Å². The van der Waals surface area contributed by atoms with E-state index in [4.69, 9.17) is 0 Å². The summed E-state index contributed by atoms with van der Waals surface area (Å²) in [6.45, 7) is 5.66. The highest BCUT2D eigenvalue weighted by Gasteiger charge is 2.15. The highest BCUT2D eigenvalue weighted by Crippen LogP contribution is 2.35. The van der Waals surface area contributed by atoms with Crippen LogP contribution in [-0.2, 0) is 0 Å². The highest BCUT2D eigenvalue weighted by atomic mass is 32.2. The van der Waals surface area contributed by atoms with Crippen molar-refractivity contribution in [1.82, 2.24) is 14.7 Å². The summed E-state index contributed by atoms with van der Waals surface area (Å²) in [4.78, 5) is 5.37. The molecule has 1 aromatic carbocycles. The van der Waals surface area contributed by atoms with Crippen molar-refractivity contribution in [3.8, 4) is 0 Å². The Hall–Kier alpha value is -0.980. The first kappa shape index (κ1) is 14.4. The first-order valence-electron chi connectivity index (χ1n) is 5.96. The zero-order valence-electron chi connectivity index (χ0n) is 11.3. The van der Waals surface area contributed by atoms with Crippen LogP contribution in [0, 0.1) is 19.7 Å². The molecule has 1 unspecified atom stereocenters. The van der Waals surface area contributed by atoms with Crippen LogP contribution in [-0.4, -0.2) is 16.4 Å². The van der Waals surface area contributed by atoms with Gasteiger partial charge in [0, 0.05) is 10.9 Å². The van der Waals surface area contributed by atoms with Gasteiger partial charge in [0.1, 0.15) is 11.6 Å². The van der Waals surface area contributed by atoms with Gasteiger partial charge in [-0.05, 0) is 62.6 Å². The van der Waals surface area contributed by atoms with E-state index < -0.39 is 0 Å². The fraction of sp³-hybridized carbons (Fsp3) is 0.385. The van der Waals surface area contributed by atoms with Gasteiger partial charge in [0.05, 0.1) is 0 Å². The number of hydrogen-bond acceptors (Lipinski definition) is 5. The molecule has 1 aromatic heterocycles. The maximum Gasteiger partial charge on any atom is 0.174 e. The second kappa shape index (κ2) is 5.98. The average Bonchev–Trinajstić information content (AvgIpc) is 2.78. The fourth-order valence-corrected chi connectivity index (χ4v) is 3.58. The minimum atomic E-state index is -0.171. The summed E-state index contributed by atoms with van der Waals surface area (Å²) in [5.74, 6) is 0.601. The molecule has 2 rings (SSSR count). The quantitative estimate of drug-likeness (QED) is 0.933. The van der Waals surface area contributed by atoms with Gasteiger partial charge in [-0.1, -0.05) is 11.8 Å². The number of nitrogens with zero attached hydrogens (tertiary/aromatic N) is 2. The average molecular weight is 297 g/mol. The molecule has 0 fully saturated rings. The normalized spacial score (nSPS) is 12.7. The molecule has 0 bridgehead atoms. The predicted octanol–water partition coefficient (Wildman–Crippen LogP) is 3.73. The van der Waals surface area contributed by atoms with Crippen LogP contribution in [0.5, 0.6) is 0 Å². The van der Waals surface area contributed by atoms with Gasteiger partial charge in [-0.25, -0.2) is 9.37 Å². The van der Waals surface area contributed by atoms with E-state index in [9.17, 15) is 4.39 Å². The first-order chi connectivity index (χ1) is 9.01. The molecule has 0 amide bonds. The van der Waals surface area contributed by atoms with Crippen LogP contribution >= 0.6 is 23.3 Å². The SMILES string of the molecule is CNC(C)c1cc(F)c(C)cc1Sc1nc(C)ns1. The number of aromatic nitrogens is 2. The maximum absolute atomic E-state index is 13.7. The van der Waals surface area contributed by atoms with E-state index in [-0.39, 0.29) is 11.9 Å². The minimum absolute atomic E-state index is 0.0895. The highest BCUT2D eigenvalue weighted by molar-refractivity contribution is 8.01. The third-order valence-corrected chi connectivity index (χ3v) is 4.81. The molecule has 0 aliphatic rings. The Morgan fingerprint density at radius 2 is 2.11 bits per heavy atom. The van der Waals surface area contributed by atoms with Crippen LogP contribution in [0.25, 0.3) is 0 Å². The number of halogens is 1. The second-order valence-corrected chi connectivity index (χ2v) is 6.40. The molecule has 0 aliphatic heterocycles. The molecular formula is C13H16FN3S2. The molecule has 3 nitrogen and oxygen atoms in total. The number of rotatable bonds is 4. The lowest BCUT2D eigenvalue weighted by Crippen LogP contribution is -2.13. The molecule has 1 heterocycles. The number of hydrogen-bond donors (Lipinski definition) is 1. The van der Waals surface area contributed by atoms with Crippen LogP contribution in [0.2, 0.25) is 0 Å². The van der Waals surface area contributed by atoms with E-state index in [0.29, 0.717) is 5.56 Å². The monoisotopic (exact) mass is 297 g/mol. The van der Waals surface area contributed by atoms with Crippen molar-refractivity contribution in [2.24, 2.45) is 0 Å². The Balaban J connectivity index is 2.39. The Kier molecular flexibility index (Phi) is 4.54. The van der Waals surface area contributed by atoms with Gasteiger partial charge in [0.2, 0.25) is 0 Å².